The molecule has 0 amide bonds. The van der Waals surface area contributed by atoms with Crippen molar-refractivity contribution in [1.29, 1.82) is 0 Å². The Morgan fingerprint density at radius 3 is 3.23 bits per heavy atom. The van der Waals surface area contributed by atoms with Gasteiger partial charge in [-0.15, -0.1) is 0 Å². The average molecular weight is 178 g/mol. The van der Waals surface area contributed by atoms with Crippen LogP contribution in [0.5, 0.6) is 5.75 Å². The summed E-state index contributed by atoms with van der Waals surface area (Å²) >= 11 is 0. The molecular formula is C9H10N2O2. The molecule has 0 spiro atoms. The normalized spacial score (nSPS) is 22.6. The van der Waals surface area contributed by atoms with Crippen LogP contribution in [0.2, 0.25) is 0 Å². The molecule has 1 aliphatic heterocycles. The fourth-order valence-electron chi connectivity index (χ4n) is 1.37. The molecule has 4 heteroatoms. The van der Waals surface area contributed by atoms with Crippen LogP contribution in [0.15, 0.2) is 23.6 Å². The third-order valence-corrected chi connectivity index (χ3v) is 1.94. The zero-order chi connectivity index (χ0) is 9.26. The maximum Gasteiger partial charge on any atom is 0.147 e. The third kappa shape index (κ3) is 1.24. The van der Waals surface area contributed by atoms with Gasteiger partial charge in [-0.25, -0.2) is 0 Å². The second kappa shape index (κ2) is 3.05. The summed E-state index contributed by atoms with van der Waals surface area (Å²) in [5, 5.41) is 3.91. The minimum atomic E-state index is -0.0563. The van der Waals surface area contributed by atoms with Crippen LogP contribution in [-0.4, -0.2) is 23.9 Å². The Morgan fingerprint density at radius 1 is 1.62 bits per heavy atom. The van der Waals surface area contributed by atoms with E-state index in [4.69, 9.17) is 9.57 Å². The molecule has 0 fully saturated rings. The number of hydrogen-bond acceptors (Lipinski definition) is 4. The summed E-state index contributed by atoms with van der Waals surface area (Å²) in [7, 11) is 1.53. The van der Waals surface area contributed by atoms with Gasteiger partial charge in [0, 0.05) is 11.8 Å². The number of rotatable bonds is 1. The van der Waals surface area contributed by atoms with E-state index >= 15 is 0 Å². The van der Waals surface area contributed by atoms with Gasteiger partial charge in [-0.2, -0.15) is 0 Å². The quantitative estimate of drug-likeness (QED) is 0.607. The zero-order valence-electron chi connectivity index (χ0n) is 7.52. The average Bonchev–Trinajstić information content (AvgIpc) is 2.44. The molecule has 2 rings (SSSR count). The lowest BCUT2D eigenvalue weighted by atomic mass is 10.1. The predicted molar refractivity (Wildman–Crippen MR) is 47.9 cm³/mol. The number of aromatic nitrogens is 1. The molecule has 0 aromatic carbocycles. The van der Waals surface area contributed by atoms with Crippen LogP contribution in [0.3, 0.4) is 0 Å². The number of ether oxygens (including phenoxy) is 1. The van der Waals surface area contributed by atoms with Crippen molar-refractivity contribution >= 4 is 5.71 Å². The molecule has 13 heavy (non-hydrogen) atoms. The maximum atomic E-state index is 5.50. The van der Waals surface area contributed by atoms with Crippen LogP contribution in [0, 0.1) is 0 Å². The second-order valence-corrected chi connectivity index (χ2v) is 2.79. The van der Waals surface area contributed by atoms with Crippen LogP contribution in [-0.2, 0) is 4.84 Å². The Kier molecular flexibility index (Phi) is 1.88. The molecule has 1 unspecified atom stereocenters. The number of oxime groups is 1. The van der Waals surface area contributed by atoms with E-state index in [9.17, 15) is 0 Å². The van der Waals surface area contributed by atoms with Crippen molar-refractivity contribution in [2.45, 2.75) is 13.0 Å². The zero-order valence-corrected chi connectivity index (χ0v) is 7.52. The van der Waals surface area contributed by atoms with Gasteiger partial charge >= 0.3 is 0 Å². The fraction of sp³-hybridized carbons (Fsp3) is 0.333. The molecule has 0 saturated carbocycles. The van der Waals surface area contributed by atoms with Crippen molar-refractivity contribution in [1.82, 2.24) is 4.98 Å². The van der Waals surface area contributed by atoms with Crippen LogP contribution in [0.25, 0.3) is 0 Å². The summed E-state index contributed by atoms with van der Waals surface area (Å²) in [6.07, 6.45) is 3.34. The highest BCUT2D eigenvalue weighted by molar-refractivity contribution is 6.07. The van der Waals surface area contributed by atoms with E-state index < -0.39 is 0 Å². The molecule has 1 atom stereocenters. The largest absolute Gasteiger partial charge is 0.482 e. The van der Waals surface area contributed by atoms with Crippen molar-refractivity contribution < 1.29 is 9.57 Å². The molecule has 0 saturated heterocycles. The molecule has 2 heterocycles. The Labute approximate surface area is 76.2 Å². The summed E-state index contributed by atoms with van der Waals surface area (Å²) in [6.45, 7) is 1.93. The van der Waals surface area contributed by atoms with Gasteiger partial charge in [0.15, 0.2) is 0 Å². The summed E-state index contributed by atoms with van der Waals surface area (Å²) in [6, 6.07) is 1.87. The van der Waals surface area contributed by atoms with Gasteiger partial charge in [-0.3, -0.25) is 4.98 Å². The fourth-order valence-corrected chi connectivity index (χ4v) is 1.37. The standard InChI is InChI=1S/C9H10N2O2/c1-6-9(11-12-2)7-3-4-10-5-8(7)13-6/h3-6H,1-2H3. The topological polar surface area (TPSA) is 43.7 Å². The molecule has 1 aromatic rings. The molecule has 0 radical (unpaired) electrons. The Bertz CT molecular complexity index is 349. The van der Waals surface area contributed by atoms with Crippen molar-refractivity contribution in [2.75, 3.05) is 7.11 Å². The van der Waals surface area contributed by atoms with Gasteiger partial charge in [0.25, 0.3) is 0 Å². The lowest BCUT2D eigenvalue weighted by molar-refractivity contribution is 0.207. The SMILES string of the molecule is CON=C1c2ccncc2OC1C. The van der Waals surface area contributed by atoms with Crippen LogP contribution in [0.4, 0.5) is 0 Å². The number of pyridine rings is 1. The molecule has 1 aliphatic rings. The predicted octanol–water partition coefficient (Wildman–Crippen LogP) is 1.21. The van der Waals surface area contributed by atoms with Gasteiger partial charge in [-0.05, 0) is 13.0 Å². The molecule has 4 nitrogen and oxygen atoms in total. The van der Waals surface area contributed by atoms with E-state index in [0.717, 1.165) is 17.0 Å². The number of hydrogen-bond donors (Lipinski definition) is 0. The first-order chi connectivity index (χ1) is 6.33. The van der Waals surface area contributed by atoms with Crippen LogP contribution >= 0.6 is 0 Å². The Morgan fingerprint density at radius 2 is 2.46 bits per heavy atom. The maximum absolute atomic E-state index is 5.50. The molecule has 68 valence electrons. The van der Waals surface area contributed by atoms with E-state index in [-0.39, 0.29) is 6.10 Å². The summed E-state index contributed by atoms with van der Waals surface area (Å²) in [5.74, 6) is 0.769. The Hall–Kier alpha value is -1.58. The third-order valence-electron chi connectivity index (χ3n) is 1.94. The highest BCUT2D eigenvalue weighted by Crippen LogP contribution is 2.27. The number of fused-ring (bicyclic) bond motifs is 1. The molecule has 0 N–H and O–H groups in total. The first-order valence-electron chi connectivity index (χ1n) is 4.05. The summed E-state index contributed by atoms with van der Waals surface area (Å²) in [4.78, 5) is 8.71. The van der Waals surface area contributed by atoms with Gasteiger partial charge in [0.2, 0.25) is 0 Å². The Balaban J connectivity index is 2.46. The first kappa shape index (κ1) is 8.04. The van der Waals surface area contributed by atoms with E-state index in [1.54, 1.807) is 12.4 Å². The highest BCUT2D eigenvalue weighted by atomic mass is 16.6. The highest BCUT2D eigenvalue weighted by Gasteiger charge is 2.27. The van der Waals surface area contributed by atoms with Gasteiger partial charge < -0.3 is 9.57 Å². The van der Waals surface area contributed by atoms with Crippen molar-refractivity contribution in [3.05, 3.63) is 24.0 Å². The van der Waals surface area contributed by atoms with Gasteiger partial charge in [-0.1, -0.05) is 5.16 Å². The van der Waals surface area contributed by atoms with Gasteiger partial charge in [0.05, 0.1) is 6.20 Å². The number of nitrogens with zero attached hydrogens (tertiary/aromatic N) is 2. The summed E-state index contributed by atoms with van der Waals surface area (Å²) < 4.78 is 5.50. The van der Waals surface area contributed by atoms with Crippen LogP contribution < -0.4 is 4.74 Å². The van der Waals surface area contributed by atoms with Gasteiger partial charge in [0.1, 0.15) is 24.7 Å². The smallest absolute Gasteiger partial charge is 0.147 e. The molecule has 0 aliphatic carbocycles. The van der Waals surface area contributed by atoms with Crippen molar-refractivity contribution in [3.63, 3.8) is 0 Å². The molecular weight excluding hydrogens is 168 g/mol. The minimum Gasteiger partial charge on any atom is -0.482 e. The molecule has 0 bridgehead atoms. The lowest BCUT2D eigenvalue weighted by Crippen LogP contribution is -2.16. The van der Waals surface area contributed by atoms with Crippen molar-refractivity contribution in [2.24, 2.45) is 5.16 Å². The minimum absolute atomic E-state index is 0.0563. The summed E-state index contributed by atoms with van der Waals surface area (Å²) in [5.41, 5.74) is 1.78. The van der Waals surface area contributed by atoms with Crippen LogP contribution in [0.1, 0.15) is 12.5 Å². The first-order valence-corrected chi connectivity index (χ1v) is 4.05. The monoisotopic (exact) mass is 178 g/mol. The van der Waals surface area contributed by atoms with E-state index in [2.05, 4.69) is 10.1 Å². The van der Waals surface area contributed by atoms with E-state index in [1.165, 1.54) is 7.11 Å². The van der Waals surface area contributed by atoms with E-state index in [0.29, 0.717) is 0 Å². The van der Waals surface area contributed by atoms with Crippen molar-refractivity contribution in [3.8, 4) is 5.75 Å². The second-order valence-electron chi connectivity index (χ2n) is 2.79. The van der Waals surface area contributed by atoms with E-state index in [1.807, 2.05) is 13.0 Å². The molecule has 1 aromatic heterocycles. The lowest BCUT2D eigenvalue weighted by Gasteiger charge is -2.01.